The molecule has 0 bridgehead atoms. The van der Waals surface area contributed by atoms with Gasteiger partial charge in [-0.05, 0) is 59.6 Å². The molecular weight excluding hydrogens is 320 g/mol. The third-order valence-corrected chi connectivity index (χ3v) is 5.73. The van der Waals surface area contributed by atoms with Gasteiger partial charge in [-0.1, -0.05) is 51.1 Å². The highest BCUT2D eigenvalue weighted by molar-refractivity contribution is 5.66. The van der Waals surface area contributed by atoms with Crippen molar-refractivity contribution in [1.82, 2.24) is 5.32 Å². The molecule has 2 atom stereocenters. The van der Waals surface area contributed by atoms with Crippen LogP contribution in [0.2, 0.25) is 0 Å². The van der Waals surface area contributed by atoms with E-state index in [1.54, 1.807) is 6.07 Å². The monoisotopic (exact) mass is 348 g/mol. The van der Waals surface area contributed by atoms with Crippen LogP contribution in [0.15, 0.2) is 48.3 Å². The van der Waals surface area contributed by atoms with Gasteiger partial charge in [0.1, 0.15) is 5.75 Å². The molecule has 2 aromatic rings. The Hall–Kier alpha value is -2.42. The second-order valence-electron chi connectivity index (χ2n) is 7.96. The molecule has 26 heavy (non-hydrogen) atoms. The highest BCUT2D eigenvalue weighted by Gasteiger charge is 2.24. The molecule has 3 nitrogen and oxygen atoms in total. The van der Waals surface area contributed by atoms with Crippen molar-refractivity contribution >= 4 is 5.69 Å². The summed E-state index contributed by atoms with van der Waals surface area (Å²) in [5.74, 6) is 2.45. The van der Waals surface area contributed by atoms with Crippen LogP contribution >= 0.6 is 0 Å². The van der Waals surface area contributed by atoms with E-state index in [1.165, 1.54) is 22.4 Å². The van der Waals surface area contributed by atoms with Crippen molar-refractivity contribution in [1.29, 1.82) is 0 Å². The van der Waals surface area contributed by atoms with E-state index in [9.17, 15) is 5.11 Å². The Morgan fingerprint density at radius 2 is 1.96 bits per heavy atom. The summed E-state index contributed by atoms with van der Waals surface area (Å²) < 4.78 is 0. The van der Waals surface area contributed by atoms with Crippen LogP contribution in [0, 0.1) is 0 Å². The minimum Gasteiger partial charge on any atom is -0.508 e. The number of allylic oxidation sites excluding steroid dienone is 1. The molecule has 3 N–H and O–H groups in total. The Kier molecular flexibility index (Phi) is 4.39. The van der Waals surface area contributed by atoms with Gasteiger partial charge in [0.25, 0.3) is 0 Å². The Bertz CT molecular complexity index is 853. The lowest BCUT2D eigenvalue weighted by atomic mass is 9.87. The summed E-state index contributed by atoms with van der Waals surface area (Å²) in [7, 11) is 0. The first-order chi connectivity index (χ1) is 12.5. The predicted molar refractivity (Wildman–Crippen MR) is 108 cm³/mol. The summed E-state index contributed by atoms with van der Waals surface area (Å²) in [5, 5.41) is 17.4. The number of para-hydroxylation sites is 1. The minimum absolute atomic E-state index is 0.392. The van der Waals surface area contributed by atoms with Crippen LogP contribution in [0.3, 0.4) is 0 Å². The van der Waals surface area contributed by atoms with Crippen LogP contribution in [0.5, 0.6) is 5.75 Å². The van der Waals surface area contributed by atoms with E-state index >= 15 is 0 Å². The molecule has 0 saturated heterocycles. The molecule has 0 spiro atoms. The fourth-order valence-electron chi connectivity index (χ4n) is 4.32. The molecule has 0 saturated carbocycles. The van der Waals surface area contributed by atoms with Gasteiger partial charge < -0.3 is 15.7 Å². The maximum atomic E-state index is 10.0. The fraction of sp³-hybridized carbons (Fsp3) is 0.391. The smallest absolute Gasteiger partial charge is 0.119 e. The zero-order valence-corrected chi connectivity index (χ0v) is 15.8. The van der Waals surface area contributed by atoms with Crippen LogP contribution in [-0.2, 0) is 12.8 Å². The van der Waals surface area contributed by atoms with Gasteiger partial charge in [-0.15, -0.1) is 0 Å². The average molecular weight is 348 g/mol. The molecule has 1 heterocycles. The highest BCUT2D eigenvalue weighted by Crippen LogP contribution is 2.37. The fourth-order valence-corrected chi connectivity index (χ4v) is 4.32. The molecule has 2 aromatic carbocycles. The Labute approximate surface area is 156 Å². The predicted octanol–water partition coefficient (Wildman–Crippen LogP) is 5.03. The van der Waals surface area contributed by atoms with Crippen LogP contribution in [-0.4, -0.2) is 11.1 Å². The normalized spacial score (nSPS) is 21.5. The number of anilines is 1. The largest absolute Gasteiger partial charge is 0.508 e. The lowest BCUT2D eigenvalue weighted by molar-refractivity contribution is 0.446. The van der Waals surface area contributed by atoms with E-state index < -0.39 is 0 Å². The quantitative estimate of drug-likeness (QED) is 0.729. The number of hydrogen-bond acceptors (Lipinski definition) is 3. The van der Waals surface area contributed by atoms with Crippen molar-refractivity contribution in [3.05, 3.63) is 70.5 Å². The third kappa shape index (κ3) is 3.07. The summed E-state index contributed by atoms with van der Waals surface area (Å²) in [5.41, 5.74) is 6.41. The van der Waals surface area contributed by atoms with Crippen LogP contribution < -0.4 is 10.6 Å². The van der Waals surface area contributed by atoms with E-state index in [0.29, 0.717) is 23.6 Å². The van der Waals surface area contributed by atoms with Gasteiger partial charge in [0.2, 0.25) is 0 Å². The van der Waals surface area contributed by atoms with Gasteiger partial charge in [-0.25, -0.2) is 0 Å². The topological polar surface area (TPSA) is 44.3 Å². The first kappa shape index (κ1) is 17.0. The van der Waals surface area contributed by atoms with Crippen LogP contribution in [0.4, 0.5) is 5.69 Å². The number of fused-ring (bicyclic) bond motifs is 2. The maximum absolute atomic E-state index is 10.0. The molecule has 0 radical (unpaired) electrons. The van der Waals surface area contributed by atoms with Gasteiger partial charge in [-0.2, -0.15) is 0 Å². The summed E-state index contributed by atoms with van der Waals surface area (Å²) >= 11 is 0. The molecule has 2 unspecified atom stereocenters. The summed E-state index contributed by atoms with van der Waals surface area (Å²) in [6.07, 6.45) is 5.22. The first-order valence-electron chi connectivity index (χ1n) is 9.71. The highest BCUT2D eigenvalue weighted by atomic mass is 16.3. The standard InChI is InChI=1S/C23H28N2O/c1-14(2)18-7-5-8-19-15(3)12-22(25-23(18)19)24-17-10-11-20-16(13-17)6-4-9-21(20)26/h4-9,12,14-15,17,24-26H,10-11,13H2,1-3H3. The molecule has 2 aliphatic rings. The van der Waals surface area contributed by atoms with E-state index in [4.69, 9.17) is 0 Å². The molecule has 0 amide bonds. The molecule has 0 fully saturated rings. The Morgan fingerprint density at radius 3 is 2.77 bits per heavy atom. The van der Waals surface area contributed by atoms with Crippen molar-refractivity contribution in [3.8, 4) is 5.75 Å². The van der Waals surface area contributed by atoms with Gasteiger partial charge in [0, 0.05) is 17.6 Å². The van der Waals surface area contributed by atoms with Crippen molar-refractivity contribution in [2.45, 2.75) is 57.9 Å². The van der Waals surface area contributed by atoms with Gasteiger partial charge in [-0.3, -0.25) is 0 Å². The zero-order chi connectivity index (χ0) is 18.3. The van der Waals surface area contributed by atoms with Crippen LogP contribution in [0.25, 0.3) is 0 Å². The van der Waals surface area contributed by atoms with Crippen LogP contribution in [0.1, 0.15) is 61.3 Å². The maximum Gasteiger partial charge on any atom is 0.119 e. The van der Waals surface area contributed by atoms with E-state index in [-0.39, 0.29) is 0 Å². The molecule has 0 aromatic heterocycles. The second kappa shape index (κ2) is 6.71. The van der Waals surface area contributed by atoms with E-state index in [1.807, 2.05) is 6.07 Å². The Balaban J connectivity index is 1.54. The number of aromatic hydroxyl groups is 1. The van der Waals surface area contributed by atoms with Crippen molar-refractivity contribution in [2.24, 2.45) is 0 Å². The third-order valence-electron chi connectivity index (χ3n) is 5.73. The summed E-state index contributed by atoms with van der Waals surface area (Å²) in [6.45, 7) is 6.76. The lowest BCUT2D eigenvalue weighted by Gasteiger charge is -2.32. The van der Waals surface area contributed by atoms with Crippen molar-refractivity contribution in [3.63, 3.8) is 0 Å². The molecule has 4 rings (SSSR count). The Morgan fingerprint density at radius 1 is 1.15 bits per heavy atom. The average Bonchev–Trinajstić information content (AvgIpc) is 2.61. The number of benzene rings is 2. The van der Waals surface area contributed by atoms with Gasteiger partial charge in [0.15, 0.2) is 0 Å². The molecule has 3 heteroatoms. The summed E-state index contributed by atoms with van der Waals surface area (Å²) in [6, 6.07) is 12.9. The zero-order valence-electron chi connectivity index (χ0n) is 15.8. The second-order valence-corrected chi connectivity index (χ2v) is 7.96. The van der Waals surface area contributed by atoms with Gasteiger partial charge >= 0.3 is 0 Å². The number of hydrogen-bond donors (Lipinski definition) is 3. The van der Waals surface area contributed by atoms with E-state index in [2.05, 4.69) is 61.7 Å². The number of phenols is 1. The summed E-state index contributed by atoms with van der Waals surface area (Å²) in [4.78, 5) is 0. The number of nitrogens with one attached hydrogen (secondary N) is 2. The van der Waals surface area contributed by atoms with Crippen molar-refractivity contribution < 1.29 is 5.11 Å². The lowest BCUT2D eigenvalue weighted by Crippen LogP contribution is -2.37. The number of phenolic OH excluding ortho intramolecular Hbond substituents is 1. The van der Waals surface area contributed by atoms with E-state index in [0.717, 1.165) is 30.6 Å². The molecule has 1 aliphatic carbocycles. The minimum atomic E-state index is 0.392. The first-order valence-corrected chi connectivity index (χ1v) is 9.71. The van der Waals surface area contributed by atoms with Crippen molar-refractivity contribution in [2.75, 3.05) is 5.32 Å². The SMILES string of the molecule is CC(C)c1cccc2c1NC(NC1CCc3c(O)cccc3C1)=CC2C. The van der Waals surface area contributed by atoms with Gasteiger partial charge in [0.05, 0.1) is 5.82 Å². The molecule has 1 aliphatic heterocycles. The molecule has 136 valence electrons. The molecular formula is C23H28N2O. The number of rotatable bonds is 3.